The number of hydrogen-bond acceptors (Lipinski definition) is 6. The average Bonchev–Trinajstić information content (AvgIpc) is 2.47. The second-order valence-electron chi connectivity index (χ2n) is 4.32. The van der Waals surface area contributed by atoms with Crippen molar-refractivity contribution in [2.24, 2.45) is 0 Å². The molecule has 1 unspecified atom stereocenters. The molecule has 0 amide bonds. The van der Waals surface area contributed by atoms with Crippen LogP contribution in [0.1, 0.15) is 12.6 Å². The number of sulfone groups is 1. The average molecular weight is 302 g/mol. The van der Waals surface area contributed by atoms with Crippen LogP contribution in [0.2, 0.25) is 0 Å². The maximum atomic E-state index is 12.2. The van der Waals surface area contributed by atoms with E-state index in [9.17, 15) is 8.42 Å². The molecule has 1 fully saturated rings. The minimum Gasteiger partial charge on any atom is -0.390 e. The van der Waals surface area contributed by atoms with Gasteiger partial charge >= 0.3 is 0 Å². The van der Waals surface area contributed by atoms with Gasteiger partial charge < -0.3 is 10.0 Å². The number of rotatable bonds is 4. The molecular formula is C12H18N2O3S2. The van der Waals surface area contributed by atoms with Gasteiger partial charge in [-0.3, -0.25) is 0 Å². The van der Waals surface area contributed by atoms with E-state index in [1.165, 1.54) is 0 Å². The largest absolute Gasteiger partial charge is 0.390 e. The molecule has 0 spiro atoms. The zero-order valence-electron chi connectivity index (χ0n) is 10.8. The van der Waals surface area contributed by atoms with Gasteiger partial charge in [-0.25, -0.2) is 13.4 Å². The van der Waals surface area contributed by atoms with Crippen LogP contribution >= 0.6 is 11.8 Å². The van der Waals surface area contributed by atoms with Crippen LogP contribution < -0.4 is 4.90 Å². The lowest BCUT2D eigenvalue weighted by molar-refractivity contribution is 0.277. The fourth-order valence-corrected chi connectivity index (χ4v) is 5.03. The van der Waals surface area contributed by atoms with Gasteiger partial charge in [-0.15, -0.1) is 0 Å². The van der Waals surface area contributed by atoms with Crippen molar-refractivity contribution in [1.29, 1.82) is 0 Å². The van der Waals surface area contributed by atoms with Crippen molar-refractivity contribution in [2.75, 3.05) is 28.7 Å². The third-order valence-electron chi connectivity index (χ3n) is 3.15. The van der Waals surface area contributed by atoms with E-state index in [-0.39, 0.29) is 12.4 Å². The van der Waals surface area contributed by atoms with Crippen LogP contribution in [0.25, 0.3) is 0 Å². The Morgan fingerprint density at radius 2 is 2.32 bits per heavy atom. The fraction of sp³-hybridized carbons (Fsp3) is 0.583. The van der Waals surface area contributed by atoms with E-state index in [1.807, 2.05) is 4.90 Å². The van der Waals surface area contributed by atoms with Gasteiger partial charge in [-0.05, 0) is 12.1 Å². The molecule has 2 rings (SSSR count). The van der Waals surface area contributed by atoms with Crippen molar-refractivity contribution in [3.05, 3.63) is 23.9 Å². The number of aliphatic hydroxyl groups excluding tert-OH is 1. The van der Waals surface area contributed by atoms with Crippen LogP contribution in [0, 0.1) is 0 Å². The summed E-state index contributed by atoms with van der Waals surface area (Å²) in [5.41, 5.74) is 0.559. The van der Waals surface area contributed by atoms with E-state index in [4.69, 9.17) is 5.11 Å². The molecule has 1 atom stereocenters. The van der Waals surface area contributed by atoms with Crippen molar-refractivity contribution in [1.82, 2.24) is 4.98 Å². The molecule has 19 heavy (non-hydrogen) atoms. The van der Waals surface area contributed by atoms with E-state index >= 15 is 0 Å². The Balaban J connectivity index is 2.34. The van der Waals surface area contributed by atoms with Crippen molar-refractivity contribution in [2.45, 2.75) is 18.9 Å². The summed E-state index contributed by atoms with van der Waals surface area (Å²) in [6.07, 6.45) is 0. The highest BCUT2D eigenvalue weighted by molar-refractivity contribution is 8.01. The molecule has 7 heteroatoms. The monoisotopic (exact) mass is 302 g/mol. The lowest BCUT2D eigenvalue weighted by Gasteiger charge is -2.35. The summed E-state index contributed by atoms with van der Waals surface area (Å²) >= 11 is 1.66. The molecule has 0 radical (unpaired) electrons. The van der Waals surface area contributed by atoms with Crippen molar-refractivity contribution >= 4 is 27.4 Å². The summed E-state index contributed by atoms with van der Waals surface area (Å²) in [6, 6.07) is 5.32. The van der Waals surface area contributed by atoms with Gasteiger partial charge in [-0.1, -0.05) is 13.0 Å². The molecule has 0 saturated carbocycles. The molecule has 0 aromatic carbocycles. The van der Waals surface area contributed by atoms with Crippen LogP contribution in [0.4, 0.5) is 5.82 Å². The van der Waals surface area contributed by atoms with Gasteiger partial charge in [0.05, 0.1) is 12.3 Å². The molecule has 1 aromatic rings. The number of hydrogen-bond donors (Lipinski definition) is 1. The third-order valence-corrected chi connectivity index (χ3v) is 6.44. The van der Waals surface area contributed by atoms with Gasteiger partial charge in [0.25, 0.3) is 0 Å². The molecule has 5 nitrogen and oxygen atoms in total. The lowest BCUT2D eigenvalue weighted by atomic mass is 10.3. The predicted octanol–water partition coefficient (Wildman–Crippen LogP) is 0.888. The summed E-state index contributed by atoms with van der Waals surface area (Å²) in [7, 11) is -3.14. The van der Waals surface area contributed by atoms with Gasteiger partial charge in [0, 0.05) is 23.8 Å². The van der Waals surface area contributed by atoms with Crippen LogP contribution in [-0.2, 0) is 16.4 Å². The van der Waals surface area contributed by atoms with Crippen molar-refractivity contribution in [3.63, 3.8) is 0 Å². The number of aromatic nitrogens is 1. The molecular weight excluding hydrogens is 284 g/mol. The topological polar surface area (TPSA) is 70.5 Å². The number of pyridine rings is 1. The van der Waals surface area contributed by atoms with Gasteiger partial charge in [0.15, 0.2) is 9.84 Å². The minimum atomic E-state index is -3.14. The Morgan fingerprint density at radius 1 is 1.53 bits per heavy atom. The molecule has 1 aliphatic heterocycles. The second-order valence-corrected chi connectivity index (χ2v) is 7.92. The first-order valence-corrected chi connectivity index (χ1v) is 9.08. The molecule has 2 heterocycles. The summed E-state index contributed by atoms with van der Waals surface area (Å²) in [4.78, 5) is 6.16. The number of anilines is 1. The standard InChI is InChI=1S/C12H18N2O3S2/c1-2-19(16,17)12-9-18-7-6-14(12)11-5-3-4-10(8-15)13-11/h3-5,12,15H,2,6-9H2,1H3. The summed E-state index contributed by atoms with van der Waals surface area (Å²) < 4.78 is 24.3. The Bertz CT molecular complexity index is 534. The Hall–Kier alpha value is -0.790. The van der Waals surface area contributed by atoms with Gasteiger partial charge in [-0.2, -0.15) is 11.8 Å². The highest BCUT2D eigenvalue weighted by Crippen LogP contribution is 2.26. The highest BCUT2D eigenvalue weighted by Gasteiger charge is 2.33. The molecule has 0 aliphatic carbocycles. The number of nitrogens with zero attached hydrogens (tertiary/aromatic N) is 2. The molecule has 1 aromatic heterocycles. The SMILES string of the molecule is CCS(=O)(=O)C1CSCCN1c1cccc(CO)n1. The van der Waals surface area contributed by atoms with Crippen LogP contribution in [0.5, 0.6) is 0 Å². The van der Waals surface area contributed by atoms with E-state index in [2.05, 4.69) is 4.98 Å². The number of aliphatic hydroxyl groups is 1. The first-order chi connectivity index (χ1) is 9.08. The van der Waals surface area contributed by atoms with E-state index in [1.54, 1.807) is 36.9 Å². The van der Waals surface area contributed by atoms with Crippen LogP contribution in [-0.4, -0.2) is 47.7 Å². The molecule has 1 N–H and O–H groups in total. The van der Waals surface area contributed by atoms with Gasteiger partial charge in [0.1, 0.15) is 11.2 Å². The first-order valence-electron chi connectivity index (χ1n) is 6.21. The highest BCUT2D eigenvalue weighted by atomic mass is 32.2. The Morgan fingerprint density at radius 3 is 3.00 bits per heavy atom. The summed E-state index contributed by atoms with van der Waals surface area (Å²) in [5, 5.41) is 8.61. The minimum absolute atomic E-state index is 0.133. The fourth-order valence-electron chi connectivity index (χ4n) is 2.05. The zero-order valence-corrected chi connectivity index (χ0v) is 12.5. The summed E-state index contributed by atoms with van der Waals surface area (Å²) in [6.45, 7) is 2.20. The lowest BCUT2D eigenvalue weighted by Crippen LogP contribution is -2.48. The Kier molecular flexibility index (Phi) is 4.70. The second kappa shape index (κ2) is 6.11. The first kappa shape index (κ1) is 14.6. The molecule has 1 aliphatic rings. The van der Waals surface area contributed by atoms with E-state index in [0.29, 0.717) is 23.8 Å². The third kappa shape index (κ3) is 3.21. The van der Waals surface area contributed by atoms with E-state index in [0.717, 1.165) is 5.75 Å². The van der Waals surface area contributed by atoms with E-state index < -0.39 is 15.2 Å². The maximum absolute atomic E-state index is 12.2. The quantitative estimate of drug-likeness (QED) is 0.890. The smallest absolute Gasteiger partial charge is 0.171 e. The molecule has 0 bridgehead atoms. The van der Waals surface area contributed by atoms with Crippen molar-refractivity contribution < 1.29 is 13.5 Å². The maximum Gasteiger partial charge on any atom is 0.171 e. The normalized spacial score (nSPS) is 20.5. The predicted molar refractivity (Wildman–Crippen MR) is 78.1 cm³/mol. The Labute approximate surface area is 118 Å². The van der Waals surface area contributed by atoms with Crippen LogP contribution in [0.15, 0.2) is 18.2 Å². The summed E-state index contributed by atoms with van der Waals surface area (Å²) in [5.74, 6) is 2.23. The zero-order chi connectivity index (χ0) is 13.9. The van der Waals surface area contributed by atoms with Crippen LogP contribution in [0.3, 0.4) is 0 Å². The molecule has 106 valence electrons. The number of thioether (sulfide) groups is 1. The van der Waals surface area contributed by atoms with Gasteiger partial charge in [0.2, 0.25) is 0 Å². The van der Waals surface area contributed by atoms with Crippen molar-refractivity contribution in [3.8, 4) is 0 Å². The molecule has 1 saturated heterocycles.